The minimum absolute atomic E-state index is 1.32. The molecule has 0 saturated carbocycles. The third-order valence-electron chi connectivity index (χ3n) is 1.68. The Morgan fingerprint density at radius 3 is 2.27 bits per heavy atom. The minimum Gasteiger partial charge on any atom is -0.365 e. The van der Waals surface area contributed by atoms with E-state index in [1.54, 1.807) is 12.3 Å². The van der Waals surface area contributed by atoms with Gasteiger partial charge in [0.15, 0.2) is 0 Å². The van der Waals surface area contributed by atoms with E-state index in [4.69, 9.17) is 0 Å². The molecule has 0 aliphatic carbocycles. The van der Waals surface area contributed by atoms with Crippen molar-refractivity contribution in [3.63, 3.8) is 0 Å². The van der Waals surface area contributed by atoms with Crippen molar-refractivity contribution in [3.8, 4) is 0 Å². The maximum Gasteiger partial charge on any atom is 0.123 e. The number of aromatic nitrogens is 1. The van der Waals surface area contributed by atoms with E-state index < -0.39 is 0 Å². The van der Waals surface area contributed by atoms with E-state index in [2.05, 4.69) is 21.6 Å². The van der Waals surface area contributed by atoms with E-state index in [1.807, 2.05) is 0 Å². The van der Waals surface area contributed by atoms with E-state index in [0.717, 1.165) is 0 Å². The SMILES string of the molecule is CN1CCCC1.c1cnoc1. The smallest absolute Gasteiger partial charge is 0.123 e. The van der Waals surface area contributed by atoms with Gasteiger partial charge in [-0.3, -0.25) is 0 Å². The Balaban J connectivity index is 0.000000112. The van der Waals surface area contributed by atoms with Crippen molar-refractivity contribution >= 4 is 0 Å². The van der Waals surface area contributed by atoms with Gasteiger partial charge in [-0.05, 0) is 39.0 Å². The third kappa shape index (κ3) is 3.78. The minimum atomic E-state index is 1.32. The second-order valence-electron chi connectivity index (χ2n) is 2.70. The summed E-state index contributed by atoms with van der Waals surface area (Å²) in [7, 11) is 2.17. The van der Waals surface area contributed by atoms with Gasteiger partial charge in [-0.15, -0.1) is 0 Å². The van der Waals surface area contributed by atoms with Crippen LogP contribution in [-0.4, -0.2) is 30.2 Å². The molecule has 0 aromatic carbocycles. The molecule has 2 rings (SSSR count). The first kappa shape index (κ1) is 8.27. The third-order valence-corrected chi connectivity index (χ3v) is 1.68. The Kier molecular flexibility index (Phi) is 3.69. The van der Waals surface area contributed by atoms with E-state index >= 15 is 0 Å². The number of hydrogen-bond donors (Lipinski definition) is 0. The van der Waals surface area contributed by atoms with E-state index in [1.165, 1.54) is 32.2 Å². The number of rotatable bonds is 0. The fraction of sp³-hybridized carbons (Fsp3) is 0.625. The predicted molar refractivity (Wildman–Crippen MR) is 43.2 cm³/mol. The van der Waals surface area contributed by atoms with Gasteiger partial charge in [-0.2, -0.15) is 0 Å². The topological polar surface area (TPSA) is 29.3 Å². The highest BCUT2D eigenvalue weighted by Crippen LogP contribution is 2.01. The summed E-state index contributed by atoms with van der Waals surface area (Å²) in [6.45, 7) is 2.64. The van der Waals surface area contributed by atoms with Crippen molar-refractivity contribution in [2.45, 2.75) is 12.8 Å². The Hall–Kier alpha value is -0.830. The summed E-state index contributed by atoms with van der Waals surface area (Å²) in [6, 6.07) is 1.72. The van der Waals surface area contributed by atoms with Crippen molar-refractivity contribution in [1.82, 2.24) is 10.1 Å². The highest BCUT2D eigenvalue weighted by atomic mass is 16.5. The largest absolute Gasteiger partial charge is 0.365 e. The van der Waals surface area contributed by atoms with Crippen LogP contribution in [0.1, 0.15) is 12.8 Å². The maximum absolute atomic E-state index is 4.33. The molecule has 0 bridgehead atoms. The molecule has 1 saturated heterocycles. The van der Waals surface area contributed by atoms with Crippen LogP contribution in [0.5, 0.6) is 0 Å². The zero-order chi connectivity index (χ0) is 7.94. The summed E-state index contributed by atoms with van der Waals surface area (Å²) in [6.07, 6.45) is 5.92. The first-order valence-electron chi connectivity index (χ1n) is 3.92. The summed E-state index contributed by atoms with van der Waals surface area (Å²) < 4.78 is 4.33. The highest BCUT2D eigenvalue weighted by Gasteiger charge is 2.03. The lowest BCUT2D eigenvalue weighted by Gasteiger charge is -2.01. The first-order chi connectivity index (χ1) is 5.39. The molecule has 1 fully saturated rings. The lowest BCUT2D eigenvalue weighted by atomic mass is 10.4. The Labute approximate surface area is 67.0 Å². The molecule has 0 radical (unpaired) electrons. The number of nitrogens with zero attached hydrogens (tertiary/aromatic N) is 2. The molecule has 11 heavy (non-hydrogen) atoms. The fourth-order valence-electron chi connectivity index (χ4n) is 1.05. The molecule has 0 unspecified atom stereocenters. The van der Waals surface area contributed by atoms with E-state index in [-0.39, 0.29) is 0 Å². The van der Waals surface area contributed by atoms with Crippen LogP contribution < -0.4 is 0 Å². The lowest BCUT2D eigenvalue weighted by Crippen LogP contribution is -2.10. The molecular formula is C8H14N2O. The van der Waals surface area contributed by atoms with Crippen LogP contribution in [0.15, 0.2) is 23.0 Å². The van der Waals surface area contributed by atoms with E-state index in [0.29, 0.717) is 0 Å². The summed E-state index contributed by atoms with van der Waals surface area (Å²) in [5, 5.41) is 3.35. The van der Waals surface area contributed by atoms with Crippen molar-refractivity contribution < 1.29 is 4.52 Å². The molecule has 1 aromatic heterocycles. The van der Waals surface area contributed by atoms with Gasteiger partial charge in [0, 0.05) is 0 Å². The van der Waals surface area contributed by atoms with Crippen LogP contribution >= 0.6 is 0 Å². The number of likely N-dealkylation sites (tertiary alicyclic amines) is 1. The van der Waals surface area contributed by atoms with Crippen LogP contribution in [-0.2, 0) is 0 Å². The van der Waals surface area contributed by atoms with Crippen molar-refractivity contribution in [1.29, 1.82) is 0 Å². The second kappa shape index (κ2) is 4.91. The molecule has 3 heteroatoms. The Bertz CT molecular complexity index is 139. The molecule has 0 amide bonds. The van der Waals surface area contributed by atoms with Crippen LogP contribution in [0.25, 0.3) is 0 Å². The van der Waals surface area contributed by atoms with Crippen LogP contribution in [0.2, 0.25) is 0 Å². The van der Waals surface area contributed by atoms with Gasteiger partial charge >= 0.3 is 0 Å². The van der Waals surface area contributed by atoms with Gasteiger partial charge in [0.25, 0.3) is 0 Å². The average molecular weight is 154 g/mol. The van der Waals surface area contributed by atoms with E-state index in [9.17, 15) is 0 Å². The summed E-state index contributed by atoms with van der Waals surface area (Å²) >= 11 is 0. The van der Waals surface area contributed by atoms with Crippen LogP contribution in [0.3, 0.4) is 0 Å². The fourth-order valence-corrected chi connectivity index (χ4v) is 1.05. The van der Waals surface area contributed by atoms with Crippen LogP contribution in [0, 0.1) is 0 Å². The Morgan fingerprint density at radius 2 is 2.09 bits per heavy atom. The Morgan fingerprint density at radius 1 is 1.36 bits per heavy atom. The standard InChI is InChI=1S/C5H11N.C3H3NO/c1-6-4-2-3-5-6;1-2-4-5-3-1/h2-5H2,1H3;1-3H. The van der Waals surface area contributed by atoms with Crippen molar-refractivity contribution in [2.24, 2.45) is 0 Å². The van der Waals surface area contributed by atoms with Crippen LogP contribution in [0.4, 0.5) is 0 Å². The summed E-state index contributed by atoms with van der Waals surface area (Å²) in [5.41, 5.74) is 0. The van der Waals surface area contributed by atoms with Gasteiger partial charge in [-0.25, -0.2) is 0 Å². The number of hydrogen-bond acceptors (Lipinski definition) is 3. The quantitative estimate of drug-likeness (QED) is 0.565. The van der Waals surface area contributed by atoms with Crippen molar-refractivity contribution in [2.75, 3.05) is 20.1 Å². The molecule has 1 aliphatic rings. The second-order valence-corrected chi connectivity index (χ2v) is 2.70. The maximum atomic E-state index is 4.33. The molecule has 0 atom stereocenters. The zero-order valence-electron chi connectivity index (χ0n) is 6.86. The molecule has 2 heterocycles. The van der Waals surface area contributed by atoms with Gasteiger partial charge in [-0.1, -0.05) is 5.16 Å². The van der Waals surface area contributed by atoms with Gasteiger partial charge in [0.05, 0.1) is 6.20 Å². The molecule has 3 nitrogen and oxygen atoms in total. The average Bonchev–Trinajstić information content (AvgIpc) is 2.57. The van der Waals surface area contributed by atoms with Gasteiger partial charge < -0.3 is 9.42 Å². The molecule has 1 aliphatic heterocycles. The van der Waals surface area contributed by atoms with Gasteiger partial charge in [0.2, 0.25) is 0 Å². The summed E-state index contributed by atoms with van der Waals surface area (Å²) in [4.78, 5) is 2.36. The normalized spacial score (nSPS) is 17.5. The molecule has 0 N–H and O–H groups in total. The highest BCUT2D eigenvalue weighted by molar-refractivity contribution is 4.67. The zero-order valence-corrected chi connectivity index (χ0v) is 6.86. The molecule has 1 aromatic rings. The molecule has 0 spiro atoms. The first-order valence-corrected chi connectivity index (χ1v) is 3.92. The summed E-state index contributed by atoms with van der Waals surface area (Å²) in [5.74, 6) is 0. The van der Waals surface area contributed by atoms with Gasteiger partial charge in [0.1, 0.15) is 6.26 Å². The molecule has 62 valence electrons. The molecular weight excluding hydrogens is 140 g/mol. The van der Waals surface area contributed by atoms with Crippen molar-refractivity contribution in [3.05, 3.63) is 18.5 Å². The lowest BCUT2D eigenvalue weighted by molar-refractivity contribution is 0.418. The monoisotopic (exact) mass is 154 g/mol. The predicted octanol–water partition coefficient (Wildman–Crippen LogP) is 1.39.